The maximum Gasteiger partial charge on any atom is 0.200 e. The molecule has 2 aliphatic rings. The summed E-state index contributed by atoms with van der Waals surface area (Å²) in [6.45, 7) is 2.09. The highest BCUT2D eigenvalue weighted by atomic mass is 16.5. The lowest BCUT2D eigenvalue weighted by Crippen LogP contribution is -2.24. The number of carbonyl (C=O) groups excluding carboxylic acids is 1. The molecule has 0 saturated carbocycles. The smallest absolute Gasteiger partial charge is 0.200 e. The molecule has 2 aliphatic heterocycles. The van der Waals surface area contributed by atoms with Crippen LogP contribution in [0.5, 0.6) is 0 Å². The fourth-order valence-corrected chi connectivity index (χ4v) is 1.75. The van der Waals surface area contributed by atoms with Crippen molar-refractivity contribution in [3.05, 3.63) is 11.8 Å². The van der Waals surface area contributed by atoms with E-state index in [9.17, 15) is 4.79 Å². The van der Waals surface area contributed by atoms with Gasteiger partial charge in [-0.3, -0.25) is 4.79 Å². The molecule has 0 radical (unpaired) electrons. The molecule has 0 spiro atoms. The zero-order valence-electron chi connectivity index (χ0n) is 7.62. The number of allylic oxidation sites excluding steroid dienone is 1. The molecule has 0 aliphatic carbocycles. The molecule has 1 fully saturated rings. The van der Waals surface area contributed by atoms with Crippen LogP contribution in [0, 0.1) is 5.92 Å². The maximum atomic E-state index is 11.8. The van der Waals surface area contributed by atoms with E-state index in [0.717, 1.165) is 19.3 Å². The minimum Gasteiger partial charge on any atom is -0.490 e. The van der Waals surface area contributed by atoms with Crippen LogP contribution in [-0.4, -0.2) is 25.6 Å². The van der Waals surface area contributed by atoms with E-state index >= 15 is 0 Å². The van der Waals surface area contributed by atoms with Crippen LogP contribution < -0.4 is 0 Å². The highest BCUT2D eigenvalue weighted by Crippen LogP contribution is 2.22. The minimum atomic E-state index is 0.137. The van der Waals surface area contributed by atoms with E-state index in [1.165, 1.54) is 0 Å². The quantitative estimate of drug-likeness (QED) is 0.645. The van der Waals surface area contributed by atoms with Gasteiger partial charge in [-0.05, 0) is 18.9 Å². The van der Waals surface area contributed by atoms with Crippen LogP contribution in [0.25, 0.3) is 0 Å². The molecule has 0 aromatic carbocycles. The predicted octanol–water partition coefficient (Wildman–Crippen LogP) is 1.29. The molecule has 0 aromatic rings. The van der Waals surface area contributed by atoms with Gasteiger partial charge in [0.05, 0.1) is 6.61 Å². The van der Waals surface area contributed by atoms with E-state index in [-0.39, 0.29) is 11.7 Å². The van der Waals surface area contributed by atoms with E-state index < -0.39 is 0 Å². The van der Waals surface area contributed by atoms with Gasteiger partial charge in [0.2, 0.25) is 0 Å². The van der Waals surface area contributed by atoms with Crippen LogP contribution in [0.2, 0.25) is 0 Å². The van der Waals surface area contributed by atoms with Crippen molar-refractivity contribution >= 4 is 5.78 Å². The Morgan fingerprint density at radius 2 is 2.08 bits per heavy atom. The molecule has 3 nitrogen and oxygen atoms in total. The molecular weight excluding hydrogens is 168 g/mol. The van der Waals surface area contributed by atoms with Crippen molar-refractivity contribution in [3.8, 4) is 0 Å². The summed E-state index contributed by atoms with van der Waals surface area (Å²) in [6.07, 6.45) is 4.47. The van der Waals surface area contributed by atoms with E-state index in [2.05, 4.69) is 0 Å². The van der Waals surface area contributed by atoms with Crippen molar-refractivity contribution in [1.82, 2.24) is 0 Å². The number of hydrogen-bond acceptors (Lipinski definition) is 3. The van der Waals surface area contributed by atoms with Crippen LogP contribution >= 0.6 is 0 Å². The summed E-state index contributed by atoms with van der Waals surface area (Å²) in [6, 6.07) is 0. The van der Waals surface area contributed by atoms with E-state index in [1.54, 1.807) is 0 Å². The third kappa shape index (κ3) is 1.91. The maximum absolute atomic E-state index is 11.8. The minimum absolute atomic E-state index is 0.137. The van der Waals surface area contributed by atoms with Crippen LogP contribution in [-0.2, 0) is 14.3 Å². The molecule has 72 valence electrons. The summed E-state index contributed by atoms with van der Waals surface area (Å²) in [7, 11) is 0. The molecule has 0 amide bonds. The van der Waals surface area contributed by atoms with E-state index in [1.807, 2.05) is 6.08 Å². The van der Waals surface area contributed by atoms with Crippen LogP contribution in [0.15, 0.2) is 11.8 Å². The summed E-state index contributed by atoms with van der Waals surface area (Å²) in [5, 5.41) is 0. The van der Waals surface area contributed by atoms with E-state index in [4.69, 9.17) is 9.47 Å². The lowest BCUT2D eigenvalue weighted by atomic mass is 9.94. The second kappa shape index (κ2) is 3.92. The molecule has 13 heavy (non-hydrogen) atoms. The van der Waals surface area contributed by atoms with Crippen molar-refractivity contribution in [2.75, 3.05) is 19.8 Å². The average Bonchev–Trinajstić information content (AvgIpc) is 2.71. The van der Waals surface area contributed by atoms with Crippen LogP contribution in [0.1, 0.15) is 19.3 Å². The second-order valence-electron chi connectivity index (χ2n) is 3.46. The Bertz CT molecular complexity index is 226. The average molecular weight is 182 g/mol. The van der Waals surface area contributed by atoms with Crippen molar-refractivity contribution in [3.63, 3.8) is 0 Å². The molecule has 0 unspecified atom stereocenters. The Kier molecular flexibility index (Phi) is 2.64. The second-order valence-corrected chi connectivity index (χ2v) is 3.46. The number of rotatable bonds is 2. The zero-order valence-corrected chi connectivity index (χ0v) is 7.62. The van der Waals surface area contributed by atoms with Gasteiger partial charge in [-0.15, -0.1) is 0 Å². The number of Topliss-reactive ketones (excluding diaryl/α,β-unsaturated/α-hetero) is 1. The standard InChI is InChI=1S/C10H14O3/c11-10(9-2-1-5-13-9)8-3-6-12-7-4-8/h2,8H,1,3-7H2. The Morgan fingerprint density at radius 3 is 2.69 bits per heavy atom. The Balaban J connectivity index is 1.94. The molecule has 2 rings (SSSR count). The molecule has 3 heteroatoms. The van der Waals surface area contributed by atoms with Gasteiger partial charge in [-0.25, -0.2) is 0 Å². The fourth-order valence-electron chi connectivity index (χ4n) is 1.75. The van der Waals surface area contributed by atoms with Crippen molar-refractivity contribution in [2.45, 2.75) is 19.3 Å². The molecule has 0 N–H and O–H groups in total. The summed E-state index contributed by atoms with van der Waals surface area (Å²) >= 11 is 0. The normalized spacial score (nSPS) is 23.8. The third-order valence-corrected chi connectivity index (χ3v) is 2.54. The van der Waals surface area contributed by atoms with Gasteiger partial charge in [-0.2, -0.15) is 0 Å². The Hall–Kier alpha value is -0.830. The molecule has 0 aromatic heterocycles. The first-order chi connectivity index (χ1) is 6.38. The van der Waals surface area contributed by atoms with Crippen molar-refractivity contribution in [1.29, 1.82) is 0 Å². The van der Waals surface area contributed by atoms with Gasteiger partial charge in [0.25, 0.3) is 0 Å². The van der Waals surface area contributed by atoms with Gasteiger partial charge >= 0.3 is 0 Å². The lowest BCUT2D eigenvalue weighted by molar-refractivity contribution is -0.125. The van der Waals surface area contributed by atoms with Crippen molar-refractivity contribution < 1.29 is 14.3 Å². The molecule has 1 saturated heterocycles. The summed E-state index contributed by atoms with van der Waals surface area (Å²) < 4.78 is 10.4. The first-order valence-corrected chi connectivity index (χ1v) is 4.83. The van der Waals surface area contributed by atoms with Gasteiger partial charge in [0.15, 0.2) is 11.5 Å². The highest BCUT2D eigenvalue weighted by Gasteiger charge is 2.26. The molecular formula is C10H14O3. The van der Waals surface area contributed by atoms with Gasteiger partial charge in [-0.1, -0.05) is 0 Å². The van der Waals surface area contributed by atoms with Crippen LogP contribution in [0.3, 0.4) is 0 Å². The highest BCUT2D eigenvalue weighted by molar-refractivity contribution is 5.95. The number of ether oxygens (including phenoxy) is 2. The number of hydrogen-bond donors (Lipinski definition) is 0. The van der Waals surface area contributed by atoms with Gasteiger partial charge < -0.3 is 9.47 Å². The van der Waals surface area contributed by atoms with E-state index in [0.29, 0.717) is 25.6 Å². The largest absolute Gasteiger partial charge is 0.490 e. The summed E-state index contributed by atoms with van der Waals surface area (Å²) in [4.78, 5) is 11.8. The van der Waals surface area contributed by atoms with Gasteiger partial charge in [0.1, 0.15) is 0 Å². The Morgan fingerprint density at radius 1 is 1.31 bits per heavy atom. The topological polar surface area (TPSA) is 35.5 Å². The third-order valence-electron chi connectivity index (χ3n) is 2.54. The Labute approximate surface area is 77.7 Å². The van der Waals surface area contributed by atoms with Crippen LogP contribution in [0.4, 0.5) is 0 Å². The monoisotopic (exact) mass is 182 g/mol. The SMILES string of the molecule is O=C(C1=CCCO1)C1CCOCC1. The first-order valence-electron chi connectivity index (χ1n) is 4.83. The molecule has 0 atom stereocenters. The van der Waals surface area contributed by atoms with Crippen molar-refractivity contribution in [2.24, 2.45) is 5.92 Å². The van der Waals surface area contributed by atoms with Gasteiger partial charge in [0, 0.05) is 25.6 Å². The molecule has 0 bridgehead atoms. The summed E-state index contributed by atoms with van der Waals surface area (Å²) in [5.74, 6) is 0.908. The first kappa shape index (κ1) is 8.75. The summed E-state index contributed by atoms with van der Waals surface area (Å²) in [5.41, 5.74) is 0. The predicted molar refractivity (Wildman–Crippen MR) is 47.2 cm³/mol. The zero-order chi connectivity index (χ0) is 9.10. The fraction of sp³-hybridized carbons (Fsp3) is 0.700. The number of ketones is 1. The molecule has 2 heterocycles. The number of carbonyl (C=O) groups is 1. The lowest BCUT2D eigenvalue weighted by Gasteiger charge is -2.20.